The Bertz CT molecular complexity index is 1470. The minimum atomic E-state index is -0.886. The highest BCUT2D eigenvalue weighted by molar-refractivity contribution is 5.94. The lowest BCUT2D eigenvalue weighted by atomic mass is 9.60. The Balaban J connectivity index is 1.27. The summed E-state index contributed by atoms with van der Waals surface area (Å²) in [5, 5.41) is 10.9. The van der Waals surface area contributed by atoms with Crippen LogP contribution in [-0.4, -0.2) is 94.4 Å². The van der Waals surface area contributed by atoms with E-state index in [1.54, 1.807) is 6.08 Å². The summed E-state index contributed by atoms with van der Waals surface area (Å²) in [6.45, 7) is 8.98. The van der Waals surface area contributed by atoms with Crippen LogP contribution in [0.5, 0.6) is 0 Å². The van der Waals surface area contributed by atoms with Gasteiger partial charge in [-0.3, -0.25) is 14.5 Å². The van der Waals surface area contributed by atoms with Crippen molar-refractivity contribution in [3.63, 3.8) is 0 Å². The minimum absolute atomic E-state index is 0.0333. The van der Waals surface area contributed by atoms with Crippen molar-refractivity contribution in [2.75, 3.05) is 45.8 Å². The number of piperazine rings is 1. The van der Waals surface area contributed by atoms with Gasteiger partial charge in [0.15, 0.2) is 0 Å². The number of nitrogens with zero attached hydrogens (tertiary/aromatic N) is 4. The summed E-state index contributed by atoms with van der Waals surface area (Å²) in [6, 6.07) is 10.1. The maximum absolute atomic E-state index is 15.0. The Morgan fingerprint density at radius 2 is 1.72 bits per heavy atom. The summed E-state index contributed by atoms with van der Waals surface area (Å²) >= 11 is 0. The van der Waals surface area contributed by atoms with Gasteiger partial charge in [0.1, 0.15) is 5.76 Å². The minimum Gasteiger partial charge on any atom is -0.508 e. The number of likely N-dealkylation sites (tertiary alicyclic amines) is 2. The van der Waals surface area contributed by atoms with E-state index in [0.717, 1.165) is 74.4 Å². The largest absolute Gasteiger partial charge is 0.508 e. The van der Waals surface area contributed by atoms with Gasteiger partial charge in [-0.2, -0.15) is 0 Å². The van der Waals surface area contributed by atoms with E-state index in [4.69, 9.17) is 0 Å². The molecule has 1 aromatic carbocycles. The fourth-order valence-electron chi connectivity index (χ4n) is 8.17. The van der Waals surface area contributed by atoms with Crippen LogP contribution < -0.4 is 0 Å². The van der Waals surface area contributed by atoms with E-state index in [-0.39, 0.29) is 23.6 Å². The van der Waals surface area contributed by atoms with E-state index in [1.165, 1.54) is 5.56 Å². The zero-order valence-corrected chi connectivity index (χ0v) is 25.1. The first kappa shape index (κ1) is 28.1. The number of aliphatic hydroxyl groups is 1. The van der Waals surface area contributed by atoms with E-state index >= 15 is 0 Å². The number of allylic oxidation sites excluding steroid dienone is 8. The van der Waals surface area contributed by atoms with E-state index in [0.29, 0.717) is 25.9 Å². The molecule has 3 heterocycles. The quantitative estimate of drug-likeness (QED) is 0.556. The molecule has 2 amide bonds. The molecule has 0 radical (unpaired) electrons. The summed E-state index contributed by atoms with van der Waals surface area (Å²) in [6.07, 6.45) is 16.4. The highest BCUT2D eigenvalue weighted by atomic mass is 16.3. The molecule has 1 unspecified atom stereocenters. The number of carbonyl (C=O) groups is 2. The summed E-state index contributed by atoms with van der Waals surface area (Å²) < 4.78 is 0. The smallest absolute Gasteiger partial charge is 0.235 e. The maximum Gasteiger partial charge on any atom is 0.235 e. The van der Waals surface area contributed by atoms with Gasteiger partial charge in [-0.25, -0.2) is 0 Å². The van der Waals surface area contributed by atoms with Crippen molar-refractivity contribution in [3.05, 3.63) is 106 Å². The van der Waals surface area contributed by atoms with Crippen molar-refractivity contribution in [2.45, 2.75) is 51.2 Å². The van der Waals surface area contributed by atoms with Crippen LogP contribution in [0.2, 0.25) is 0 Å². The number of fused-ring (bicyclic) bond motifs is 3. The van der Waals surface area contributed by atoms with E-state index in [9.17, 15) is 14.7 Å². The van der Waals surface area contributed by atoms with Gasteiger partial charge in [0.2, 0.25) is 11.8 Å². The van der Waals surface area contributed by atoms with Crippen LogP contribution >= 0.6 is 0 Å². The molecule has 43 heavy (non-hydrogen) atoms. The van der Waals surface area contributed by atoms with Crippen LogP contribution in [0.15, 0.2) is 101 Å². The number of amides is 2. The molecule has 3 fully saturated rings. The van der Waals surface area contributed by atoms with Crippen LogP contribution in [0.1, 0.15) is 38.2 Å². The molecule has 0 spiro atoms. The van der Waals surface area contributed by atoms with Crippen LogP contribution in [0.4, 0.5) is 0 Å². The molecule has 3 saturated heterocycles. The molecule has 0 saturated carbocycles. The fraction of sp³-hybridized carbons (Fsp3) is 0.444. The third-order valence-electron chi connectivity index (χ3n) is 10.5. The third-order valence-corrected chi connectivity index (χ3v) is 10.5. The van der Waals surface area contributed by atoms with Gasteiger partial charge in [0.25, 0.3) is 0 Å². The second-order valence-electron chi connectivity index (χ2n) is 12.7. The molecular weight excluding hydrogens is 536 g/mol. The number of benzene rings is 1. The Hall–Kier alpha value is -3.68. The Labute approximate surface area is 254 Å². The third kappa shape index (κ3) is 4.92. The van der Waals surface area contributed by atoms with E-state index < -0.39 is 11.5 Å². The van der Waals surface area contributed by atoms with E-state index in [2.05, 4.69) is 64.1 Å². The van der Waals surface area contributed by atoms with Crippen LogP contribution in [-0.2, 0) is 16.1 Å². The topological polar surface area (TPSA) is 67.3 Å². The second kappa shape index (κ2) is 11.4. The SMILES string of the molecule is CCN1CCN(C(=O)[C@]23CCC(=O)N(C4CCN(Cc5ccccc5)CC4)C2C2=C4C=C3C=CC=C4C=CC(O)=C2)CC1. The average molecular weight is 579 g/mol. The van der Waals surface area contributed by atoms with Gasteiger partial charge in [-0.1, -0.05) is 61.6 Å². The number of aliphatic hydroxyl groups excluding tert-OH is 1. The van der Waals surface area contributed by atoms with Crippen LogP contribution in [0.3, 0.4) is 0 Å². The van der Waals surface area contributed by atoms with Crippen LogP contribution in [0, 0.1) is 5.41 Å². The van der Waals surface area contributed by atoms with Gasteiger partial charge >= 0.3 is 0 Å². The van der Waals surface area contributed by atoms with Gasteiger partial charge in [0, 0.05) is 58.3 Å². The molecule has 3 aliphatic heterocycles. The molecule has 7 rings (SSSR count). The predicted octanol–water partition coefficient (Wildman–Crippen LogP) is 4.54. The van der Waals surface area contributed by atoms with Crippen molar-refractivity contribution < 1.29 is 14.7 Å². The average Bonchev–Trinajstić information content (AvgIpc) is 3.33. The molecular formula is C36H42N4O3. The number of piperidine rings is 2. The predicted molar refractivity (Wildman–Crippen MR) is 168 cm³/mol. The maximum atomic E-state index is 15.0. The summed E-state index contributed by atoms with van der Waals surface area (Å²) in [5.41, 5.74) is 4.30. The zero-order chi connectivity index (χ0) is 29.6. The van der Waals surface area contributed by atoms with E-state index in [1.807, 2.05) is 29.2 Å². The Morgan fingerprint density at radius 3 is 2.47 bits per heavy atom. The molecule has 6 aliphatic rings. The molecule has 7 heteroatoms. The summed E-state index contributed by atoms with van der Waals surface area (Å²) in [4.78, 5) is 38.1. The first-order valence-electron chi connectivity index (χ1n) is 16.0. The Morgan fingerprint density at radius 1 is 0.953 bits per heavy atom. The Kier molecular flexibility index (Phi) is 7.48. The molecule has 2 bridgehead atoms. The van der Waals surface area contributed by atoms with Crippen molar-refractivity contribution in [2.24, 2.45) is 5.41 Å². The van der Waals surface area contributed by atoms with Crippen molar-refractivity contribution in [1.82, 2.24) is 19.6 Å². The summed E-state index contributed by atoms with van der Waals surface area (Å²) in [5.74, 6) is 0.409. The molecule has 0 aromatic heterocycles. The number of rotatable bonds is 5. The monoisotopic (exact) mass is 578 g/mol. The van der Waals surface area contributed by atoms with Crippen molar-refractivity contribution in [3.8, 4) is 0 Å². The fourth-order valence-corrected chi connectivity index (χ4v) is 8.17. The summed E-state index contributed by atoms with van der Waals surface area (Å²) in [7, 11) is 0. The lowest BCUT2D eigenvalue weighted by Gasteiger charge is -2.56. The molecule has 3 aliphatic carbocycles. The lowest BCUT2D eigenvalue weighted by Crippen LogP contribution is -2.67. The first-order chi connectivity index (χ1) is 21.0. The highest BCUT2D eigenvalue weighted by Gasteiger charge is 2.60. The second-order valence-corrected chi connectivity index (χ2v) is 12.7. The number of hydrogen-bond acceptors (Lipinski definition) is 5. The van der Waals surface area contributed by atoms with Crippen molar-refractivity contribution in [1.29, 1.82) is 0 Å². The standard InChI is InChI=1S/C36H42N4O3/c1-2-37-19-21-39(22-20-37)35(43)36-16-13-33(42)40(29-14-17-38(18-15-29)25-26-7-4-3-5-8-26)34(36)32-24-30(41)12-11-27-9-6-10-28(36)23-31(27)32/h3-12,23-24,29,34,41H,2,13-22,25H2,1H3/t34?,36-/m0/s1. The molecule has 2 atom stereocenters. The molecule has 1 N–H and O–H groups in total. The normalized spacial score (nSPS) is 28.2. The first-order valence-corrected chi connectivity index (χ1v) is 16.0. The molecule has 1 aromatic rings. The lowest BCUT2D eigenvalue weighted by molar-refractivity contribution is -0.157. The molecule has 7 nitrogen and oxygen atoms in total. The van der Waals surface area contributed by atoms with Gasteiger partial charge in [-0.05, 0) is 71.9 Å². The van der Waals surface area contributed by atoms with Crippen LogP contribution in [0.25, 0.3) is 0 Å². The van der Waals surface area contributed by atoms with Gasteiger partial charge in [0.05, 0.1) is 11.5 Å². The molecule has 224 valence electrons. The number of hydrogen-bond donors (Lipinski definition) is 1. The highest BCUT2D eigenvalue weighted by Crippen LogP contribution is 2.54. The zero-order valence-electron chi connectivity index (χ0n) is 25.1. The van der Waals surface area contributed by atoms with Gasteiger partial charge < -0.3 is 19.8 Å². The number of carbonyl (C=O) groups excluding carboxylic acids is 2. The van der Waals surface area contributed by atoms with Crippen molar-refractivity contribution >= 4 is 11.8 Å². The van der Waals surface area contributed by atoms with Gasteiger partial charge in [-0.15, -0.1) is 0 Å². The number of likely N-dealkylation sites (N-methyl/N-ethyl adjacent to an activating group) is 1.